The number of rotatable bonds is 3. The van der Waals surface area contributed by atoms with Crippen molar-refractivity contribution in [1.82, 2.24) is 0 Å². The van der Waals surface area contributed by atoms with E-state index in [1.54, 1.807) is 0 Å². The van der Waals surface area contributed by atoms with Crippen molar-refractivity contribution in [3.63, 3.8) is 0 Å². The van der Waals surface area contributed by atoms with Gasteiger partial charge in [-0.1, -0.05) is 19.9 Å². The minimum Gasteiger partial charge on any atom is -0.325 e. The zero-order valence-electron chi connectivity index (χ0n) is 10.6. The lowest BCUT2D eigenvalue weighted by molar-refractivity contribution is -0.115. The maximum atomic E-state index is 11.1. The summed E-state index contributed by atoms with van der Waals surface area (Å²) in [5, 5.41) is 5.41. The van der Waals surface area contributed by atoms with E-state index in [1.165, 1.54) is 13.8 Å². The number of nitrogens with one attached hydrogen (secondary N) is 2. The molecule has 1 rings (SSSR count). The fourth-order valence-electron chi connectivity index (χ4n) is 1.51. The second kappa shape index (κ2) is 5.48. The molecule has 4 heteroatoms. The molecule has 0 aliphatic carbocycles. The summed E-state index contributed by atoms with van der Waals surface area (Å²) in [5.74, 6) is 0.0558. The average Bonchev–Trinajstić information content (AvgIpc) is 2.18. The Labute approximate surface area is 101 Å². The average molecular weight is 234 g/mol. The Balaban J connectivity index is 3.11. The van der Waals surface area contributed by atoms with Gasteiger partial charge in [0.2, 0.25) is 11.8 Å². The molecule has 2 N–H and O–H groups in total. The van der Waals surface area contributed by atoms with Crippen LogP contribution in [0.2, 0.25) is 0 Å². The van der Waals surface area contributed by atoms with Crippen LogP contribution in [-0.4, -0.2) is 11.8 Å². The molecule has 0 heterocycles. The quantitative estimate of drug-likeness (QED) is 0.844. The van der Waals surface area contributed by atoms with Crippen molar-refractivity contribution in [1.29, 1.82) is 0 Å². The van der Waals surface area contributed by atoms with E-state index in [0.29, 0.717) is 17.3 Å². The number of hydrogen-bond donors (Lipinski definition) is 2. The zero-order chi connectivity index (χ0) is 13.0. The topological polar surface area (TPSA) is 58.2 Å². The number of anilines is 2. The minimum atomic E-state index is -0.158. The lowest BCUT2D eigenvalue weighted by Crippen LogP contribution is -2.12. The first-order valence-electron chi connectivity index (χ1n) is 5.59. The van der Waals surface area contributed by atoms with Crippen molar-refractivity contribution in [2.75, 3.05) is 10.6 Å². The van der Waals surface area contributed by atoms with Gasteiger partial charge in [-0.3, -0.25) is 9.59 Å². The first kappa shape index (κ1) is 13.2. The van der Waals surface area contributed by atoms with Crippen LogP contribution >= 0.6 is 0 Å². The maximum Gasteiger partial charge on any atom is 0.221 e. The Morgan fingerprint density at radius 2 is 1.53 bits per heavy atom. The largest absolute Gasteiger partial charge is 0.325 e. The van der Waals surface area contributed by atoms with Gasteiger partial charge in [-0.25, -0.2) is 0 Å². The minimum absolute atomic E-state index is 0.155. The Bertz CT molecular complexity index is 439. The van der Waals surface area contributed by atoms with E-state index < -0.39 is 0 Å². The predicted molar refractivity (Wildman–Crippen MR) is 69.1 cm³/mol. The van der Waals surface area contributed by atoms with Crippen molar-refractivity contribution < 1.29 is 9.59 Å². The molecule has 2 amide bonds. The summed E-state index contributed by atoms with van der Waals surface area (Å²) in [6.45, 7) is 7.03. The van der Waals surface area contributed by atoms with Crippen molar-refractivity contribution in [2.24, 2.45) is 0 Å². The lowest BCUT2D eigenvalue weighted by Gasteiger charge is -2.14. The van der Waals surface area contributed by atoms with Gasteiger partial charge < -0.3 is 10.6 Å². The Morgan fingerprint density at radius 3 is 2.00 bits per heavy atom. The highest BCUT2D eigenvalue weighted by Gasteiger charge is 2.08. The van der Waals surface area contributed by atoms with Crippen LogP contribution < -0.4 is 10.6 Å². The molecular formula is C13H18N2O2. The SMILES string of the molecule is CC(=O)Nc1ccc(C(C)C)cc1NC(C)=O. The van der Waals surface area contributed by atoms with E-state index in [1.807, 2.05) is 18.2 Å². The molecule has 1 aromatic carbocycles. The van der Waals surface area contributed by atoms with Gasteiger partial charge in [0.15, 0.2) is 0 Å². The number of carbonyl (C=O) groups excluding carboxylic acids is 2. The van der Waals surface area contributed by atoms with E-state index >= 15 is 0 Å². The molecule has 0 bridgehead atoms. The first-order chi connectivity index (χ1) is 7.90. The molecule has 17 heavy (non-hydrogen) atoms. The molecule has 92 valence electrons. The van der Waals surface area contributed by atoms with Gasteiger partial charge in [0, 0.05) is 13.8 Å². The summed E-state index contributed by atoms with van der Waals surface area (Å²) in [4.78, 5) is 22.2. The van der Waals surface area contributed by atoms with E-state index in [0.717, 1.165) is 5.56 Å². The molecule has 0 aromatic heterocycles. The Kier molecular flexibility index (Phi) is 4.26. The highest BCUT2D eigenvalue weighted by Crippen LogP contribution is 2.26. The number of amides is 2. The van der Waals surface area contributed by atoms with Crippen molar-refractivity contribution in [3.05, 3.63) is 23.8 Å². The number of hydrogen-bond acceptors (Lipinski definition) is 2. The van der Waals surface area contributed by atoms with Crippen molar-refractivity contribution in [3.8, 4) is 0 Å². The van der Waals surface area contributed by atoms with Gasteiger partial charge in [-0.2, -0.15) is 0 Å². The maximum absolute atomic E-state index is 11.1. The molecule has 4 nitrogen and oxygen atoms in total. The summed E-state index contributed by atoms with van der Waals surface area (Å²) in [7, 11) is 0. The summed E-state index contributed by atoms with van der Waals surface area (Å²) < 4.78 is 0. The highest BCUT2D eigenvalue weighted by molar-refractivity contribution is 5.98. The molecule has 0 fully saturated rings. The van der Waals surface area contributed by atoms with Crippen molar-refractivity contribution >= 4 is 23.2 Å². The Hall–Kier alpha value is -1.84. The van der Waals surface area contributed by atoms with E-state index in [9.17, 15) is 9.59 Å². The second-order valence-corrected chi connectivity index (χ2v) is 4.32. The van der Waals surface area contributed by atoms with Crippen LogP contribution in [0.1, 0.15) is 39.2 Å². The molecule has 0 saturated heterocycles. The summed E-state index contributed by atoms with van der Waals surface area (Å²) in [6, 6.07) is 5.64. The summed E-state index contributed by atoms with van der Waals surface area (Å²) >= 11 is 0. The lowest BCUT2D eigenvalue weighted by atomic mass is 10.0. The fourth-order valence-corrected chi connectivity index (χ4v) is 1.51. The molecule has 0 spiro atoms. The van der Waals surface area contributed by atoms with E-state index in [4.69, 9.17) is 0 Å². The third-order valence-electron chi connectivity index (χ3n) is 2.33. The van der Waals surface area contributed by atoms with Crippen molar-refractivity contribution in [2.45, 2.75) is 33.6 Å². The van der Waals surface area contributed by atoms with Crippen LogP contribution in [0.25, 0.3) is 0 Å². The van der Waals surface area contributed by atoms with Gasteiger partial charge in [0.25, 0.3) is 0 Å². The number of benzene rings is 1. The van der Waals surface area contributed by atoms with E-state index in [2.05, 4.69) is 24.5 Å². The molecule has 1 aromatic rings. The third kappa shape index (κ3) is 3.90. The molecule has 0 aliphatic rings. The molecular weight excluding hydrogens is 216 g/mol. The van der Waals surface area contributed by atoms with Gasteiger partial charge in [-0.05, 0) is 23.6 Å². The molecule has 0 radical (unpaired) electrons. The first-order valence-corrected chi connectivity index (χ1v) is 5.59. The normalized spacial score (nSPS) is 10.2. The standard InChI is InChI=1S/C13H18N2O2/c1-8(2)11-5-6-12(14-9(3)16)13(7-11)15-10(4)17/h5-8H,1-4H3,(H,14,16)(H,15,17). The van der Waals surface area contributed by atoms with Gasteiger partial charge >= 0.3 is 0 Å². The van der Waals surface area contributed by atoms with Gasteiger partial charge in [0.05, 0.1) is 11.4 Å². The van der Waals surface area contributed by atoms with Crippen LogP contribution in [-0.2, 0) is 9.59 Å². The molecule has 0 saturated carbocycles. The van der Waals surface area contributed by atoms with Crippen LogP contribution in [0.4, 0.5) is 11.4 Å². The molecule has 0 atom stereocenters. The zero-order valence-corrected chi connectivity index (χ0v) is 10.6. The molecule has 0 aliphatic heterocycles. The Morgan fingerprint density at radius 1 is 1.00 bits per heavy atom. The fraction of sp³-hybridized carbons (Fsp3) is 0.385. The smallest absolute Gasteiger partial charge is 0.221 e. The third-order valence-corrected chi connectivity index (χ3v) is 2.33. The van der Waals surface area contributed by atoms with Gasteiger partial charge in [-0.15, -0.1) is 0 Å². The van der Waals surface area contributed by atoms with Crippen LogP contribution in [0.5, 0.6) is 0 Å². The molecule has 0 unspecified atom stereocenters. The second-order valence-electron chi connectivity index (χ2n) is 4.32. The number of carbonyl (C=O) groups is 2. The van der Waals surface area contributed by atoms with Crippen LogP contribution in [0, 0.1) is 0 Å². The predicted octanol–water partition coefficient (Wildman–Crippen LogP) is 2.73. The summed E-state index contributed by atoms with van der Waals surface area (Å²) in [5.41, 5.74) is 2.37. The van der Waals surface area contributed by atoms with Crippen LogP contribution in [0.3, 0.4) is 0 Å². The van der Waals surface area contributed by atoms with E-state index in [-0.39, 0.29) is 11.8 Å². The monoisotopic (exact) mass is 234 g/mol. The van der Waals surface area contributed by atoms with Gasteiger partial charge in [0.1, 0.15) is 0 Å². The summed E-state index contributed by atoms with van der Waals surface area (Å²) in [6.07, 6.45) is 0. The van der Waals surface area contributed by atoms with Crippen LogP contribution in [0.15, 0.2) is 18.2 Å². The highest BCUT2D eigenvalue weighted by atomic mass is 16.2.